The van der Waals surface area contributed by atoms with E-state index >= 15 is 0 Å². The number of non-ortho nitro benzene ring substituents is 2. The molecule has 0 radical (unpaired) electrons. The van der Waals surface area contributed by atoms with Gasteiger partial charge in [0, 0.05) is 50.4 Å². The molecular weight excluding hydrogens is 456 g/mol. The zero-order valence-corrected chi connectivity index (χ0v) is 19.1. The minimum absolute atomic E-state index is 0.0240. The lowest BCUT2D eigenvalue weighted by Gasteiger charge is -2.39. The molecule has 2 aliphatic rings. The van der Waals surface area contributed by atoms with Gasteiger partial charge in [0.15, 0.2) is 0 Å². The van der Waals surface area contributed by atoms with Gasteiger partial charge in [0.1, 0.15) is 0 Å². The van der Waals surface area contributed by atoms with Crippen LogP contribution in [0.1, 0.15) is 12.8 Å². The van der Waals surface area contributed by atoms with Gasteiger partial charge in [-0.1, -0.05) is 10.4 Å². The molecule has 2 heterocycles. The third kappa shape index (κ3) is 6.97. The minimum Gasteiger partial charge on any atom is -0.271 e. The topological polar surface area (TPSA) is 149 Å². The standard InChI is InChI=1S/C21H26N10O4/c32-30(33)20-7-3-18(4-8-20)22-24-28-13-1-11-26(16-28)15-27-12-2-14-29(17-27)25-23-19-5-9-21(10-6-19)31(34)35/h3-10H,1-2,11-17H2. The Morgan fingerprint density at radius 1 is 0.657 bits per heavy atom. The van der Waals surface area contributed by atoms with Crippen molar-refractivity contribution in [3.63, 3.8) is 0 Å². The number of benzene rings is 2. The highest BCUT2D eigenvalue weighted by atomic mass is 16.6. The van der Waals surface area contributed by atoms with Crippen molar-refractivity contribution >= 4 is 22.7 Å². The van der Waals surface area contributed by atoms with Gasteiger partial charge >= 0.3 is 0 Å². The molecule has 0 aromatic heterocycles. The van der Waals surface area contributed by atoms with Crippen molar-refractivity contribution in [2.24, 2.45) is 20.7 Å². The molecule has 14 heteroatoms. The molecule has 0 amide bonds. The lowest BCUT2D eigenvalue weighted by molar-refractivity contribution is -0.385. The largest absolute Gasteiger partial charge is 0.271 e. The summed E-state index contributed by atoms with van der Waals surface area (Å²) in [5, 5.41) is 42.3. The first-order chi connectivity index (χ1) is 17.0. The number of nitrogens with zero attached hydrogens (tertiary/aromatic N) is 10. The molecule has 2 fully saturated rings. The summed E-state index contributed by atoms with van der Waals surface area (Å²) >= 11 is 0. The first-order valence-corrected chi connectivity index (χ1v) is 11.2. The summed E-state index contributed by atoms with van der Waals surface area (Å²) in [6.07, 6.45) is 1.91. The SMILES string of the molecule is O=[N+]([O-])c1ccc(N=NN2CCCN(CN3CCCN(N=Nc4ccc([N+](=O)[O-])cc4)C3)C2)cc1. The second kappa shape index (κ2) is 11.4. The fraction of sp³-hybridized carbons (Fsp3) is 0.429. The predicted octanol–water partition coefficient (Wildman–Crippen LogP) is 4.09. The van der Waals surface area contributed by atoms with E-state index < -0.39 is 9.85 Å². The fourth-order valence-electron chi connectivity index (χ4n) is 3.87. The molecule has 0 aliphatic carbocycles. The van der Waals surface area contributed by atoms with Gasteiger partial charge in [-0.05, 0) is 37.1 Å². The van der Waals surface area contributed by atoms with Gasteiger partial charge in [-0.25, -0.2) is 0 Å². The normalized spacial score (nSPS) is 17.9. The van der Waals surface area contributed by atoms with Crippen LogP contribution in [0.15, 0.2) is 69.2 Å². The first-order valence-electron chi connectivity index (χ1n) is 11.2. The van der Waals surface area contributed by atoms with Crippen molar-refractivity contribution in [2.45, 2.75) is 12.8 Å². The molecule has 35 heavy (non-hydrogen) atoms. The lowest BCUT2D eigenvalue weighted by atomic mass is 10.3. The highest BCUT2D eigenvalue weighted by Crippen LogP contribution is 2.21. The molecule has 0 spiro atoms. The smallest absolute Gasteiger partial charge is 0.269 e. The van der Waals surface area contributed by atoms with Gasteiger partial charge in [0.05, 0.1) is 41.2 Å². The van der Waals surface area contributed by atoms with Gasteiger partial charge < -0.3 is 0 Å². The maximum atomic E-state index is 10.8. The summed E-state index contributed by atoms with van der Waals surface area (Å²) in [5.41, 5.74) is 1.18. The quantitative estimate of drug-likeness (QED) is 0.310. The van der Waals surface area contributed by atoms with Crippen LogP contribution in [0.3, 0.4) is 0 Å². The van der Waals surface area contributed by atoms with E-state index in [1.165, 1.54) is 24.3 Å². The van der Waals surface area contributed by atoms with Crippen molar-refractivity contribution in [1.82, 2.24) is 19.8 Å². The van der Waals surface area contributed by atoms with E-state index in [2.05, 4.69) is 30.5 Å². The molecule has 0 bridgehead atoms. The molecule has 2 aromatic rings. The number of hydrogen-bond acceptors (Lipinski definition) is 10. The highest BCUT2D eigenvalue weighted by Gasteiger charge is 2.22. The maximum absolute atomic E-state index is 10.8. The second-order valence-electron chi connectivity index (χ2n) is 8.31. The Morgan fingerprint density at radius 2 is 1.06 bits per heavy atom. The van der Waals surface area contributed by atoms with Crippen molar-refractivity contribution in [3.8, 4) is 0 Å². The van der Waals surface area contributed by atoms with Crippen LogP contribution in [0.25, 0.3) is 0 Å². The van der Waals surface area contributed by atoms with E-state index in [0.29, 0.717) is 24.7 Å². The van der Waals surface area contributed by atoms with E-state index in [4.69, 9.17) is 0 Å². The van der Waals surface area contributed by atoms with E-state index in [1.54, 1.807) is 24.3 Å². The third-order valence-corrected chi connectivity index (χ3v) is 5.60. The molecule has 0 atom stereocenters. The number of nitro groups is 2. The summed E-state index contributed by atoms with van der Waals surface area (Å²) in [5.74, 6) is 0. The number of hydrogen-bond donors (Lipinski definition) is 0. The Morgan fingerprint density at radius 3 is 1.43 bits per heavy atom. The maximum Gasteiger partial charge on any atom is 0.269 e. The molecule has 2 saturated heterocycles. The first kappa shape index (κ1) is 24.1. The monoisotopic (exact) mass is 482 g/mol. The average Bonchev–Trinajstić information content (AvgIpc) is 2.87. The van der Waals surface area contributed by atoms with Crippen LogP contribution >= 0.6 is 0 Å². The average molecular weight is 483 g/mol. The molecule has 4 rings (SSSR count). The molecule has 2 aromatic carbocycles. The summed E-state index contributed by atoms with van der Waals surface area (Å²) in [6, 6.07) is 12.0. The molecule has 0 saturated carbocycles. The molecule has 184 valence electrons. The minimum atomic E-state index is -0.442. The Balaban J connectivity index is 1.26. The van der Waals surface area contributed by atoms with E-state index in [1.807, 2.05) is 10.0 Å². The van der Waals surface area contributed by atoms with Crippen molar-refractivity contribution in [3.05, 3.63) is 68.8 Å². The lowest BCUT2D eigenvalue weighted by Crippen LogP contribution is -2.51. The summed E-state index contributed by atoms with van der Waals surface area (Å²) in [6.45, 7) is 5.52. The predicted molar refractivity (Wildman–Crippen MR) is 126 cm³/mol. The van der Waals surface area contributed by atoms with Crippen LogP contribution in [0, 0.1) is 20.2 Å². The van der Waals surface area contributed by atoms with Crippen LogP contribution in [0.4, 0.5) is 22.7 Å². The Kier molecular flexibility index (Phi) is 7.84. The Labute approximate surface area is 201 Å². The van der Waals surface area contributed by atoms with Gasteiger partial charge in [-0.3, -0.25) is 40.0 Å². The summed E-state index contributed by atoms with van der Waals surface area (Å²) in [7, 11) is 0. The molecule has 0 unspecified atom stereocenters. The van der Waals surface area contributed by atoms with E-state index in [0.717, 1.165) is 45.7 Å². The molecular formula is C21H26N10O4. The van der Waals surface area contributed by atoms with Crippen molar-refractivity contribution in [2.75, 3.05) is 46.2 Å². The van der Waals surface area contributed by atoms with Crippen molar-refractivity contribution in [1.29, 1.82) is 0 Å². The highest BCUT2D eigenvalue weighted by molar-refractivity contribution is 5.44. The summed E-state index contributed by atoms with van der Waals surface area (Å²) in [4.78, 5) is 25.2. The molecule has 14 nitrogen and oxygen atoms in total. The Bertz CT molecular complexity index is 991. The van der Waals surface area contributed by atoms with Crippen molar-refractivity contribution < 1.29 is 9.85 Å². The second-order valence-corrected chi connectivity index (χ2v) is 8.31. The van der Waals surface area contributed by atoms with Crippen LogP contribution < -0.4 is 0 Å². The molecule has 2 aliphatic heterocycles. The zero-order chi connectivity index (χ0) is 24.6. The van der Waals surface area contributed by atoms with Crippen LogP contribution in [0.2, 0.25) is 0 Å². The molecule has 0 N–H and O–H groups in total. The van der Waals surface area contributed by atoms with Gasteiger partial charge in [0.2, 0.25) is 0 Å². The van der Waals surface area contributed by atoms with E-state index in [-0.39, 0.29) is 11.4 Å². The van der Waals surface area contributed by atoms with Crippen LogP contribution in [-0.4, -0.2) is 75.8 Å². The van der Waals surface area contributed by atoms with Crippen LogP contribution in [-0.2, 0) is 0 Å². The number of nitro benzene ring substituents is 2. The zero-order valence-electron chi connectivity index (χ0n) is 19.1. The van der Waals surface area contributed by atoms with E-state index in [9.17, 15) is 20.2 Å². The van der Waals surface area contributed by atoms with Gasteiger partial charge in [0.25, 0.3) is 11.4 Å². The third-order valence-electron chi connectivity index (χ3n) is 5.60. The summed E-state index contributed by atoms with van der Waals surface area (Å²) < 4.78 is 0. The Hall–Kier alpha value is -4.04. The van der Waals surface area contributed by atoms with Gasteiger partial charge in [-0.15, -0.1) is 10.2 Å². The number of rotatable bonds is 8. The fourth-order valence-corrected chi connectivity index (χ4v) is 3.87. The van der Waals surface area contributed by atoms with Crippen LogP contribution in [0.5, 0.6) is 0 Å². The van der Waals surface area contributed by atoms with Gasteiger partial charge in [-0.2, -0.15) is 0 Å².